The highest BCUT2D eigenvalue weighted by Gasteiger charge is 2.41. The van der Waals surface area contributed by atoms with Crippen molar-refractivity contribution in [2.45, 2.75) is 66.5 Å². The Bertz CT molecular complexity index is 906. The van der Waals surface area contributed by atoms with E-state index < -0.39 is 8.07 Å². The minimum absolute atomic E-state index is 1.12. The molecule has 0 nitrogen and oxygen atoms in total. The van der Waals surface area contributed by atoms with Gasteiger partial charge in [-0.2, -0.15) is 0 Å². The number of allylic oxidation sites excluding steroid dienone is 2. The molecule has 2 aliphatic carbocycles. The highest BCUT2D eigenvalue weighted by Crippen LogP contribution is 2.50. The van der Waals surface area contributed by atoms with E-state index in [-0.39, 0.29) is 0 Å². The third-order valence-electron chi connectivity index (χ3n) is 6.75. The molecule has 0 aliphatic heterocycles. The van der Waals surface area contributed by atoms with Crippen LogP contribution in [0.4, 0.5) is 0 Å². The van der Waals surface area contributed by atoms with Crippen LogP contribution >= 0.6 is 0 Å². The molecule has 0 fully saturated rings. The topological polar surface area (TPSA) is 0 Å². The fraction of sp³-hybridized carbons (Fsp3) is 0.385. The van der Waals surface area contributed by atoms with Gasteiger partial charge < -0.3 is 0 Å². The summed E-state index contributed by atoms with van der Waals surface area (Å²) < 4.78 is 0. The molecular weight excluding hydrogens is 340 g/mol. The molecule has 0 amide bonds. The summed E-state index contributed by atoms with van der Waals surface area (Å²) in [7, 11) is -1.80. The highest BCUT2D eigenvalue weighted by molar-refractivity contribution is 7.09. The number of fused-ring (bicyclic) bond motifs is 2. The van der Waals surface area contributed by atoms with Gasteiger partial charge in [-0.1, -0.05) is 74.5 Å². The lowest BCUT2D eigenvalue weighted by molar-refractivity contribution is 1.11. The summed E-state index contributed by atoms with van der Waals surface area (Å²) in [6.45, 7) is 14.6. The fourth-order valence-corrected chi connectivity index (χ4v) is 10.3. The molecule has 27 heavy (non-hydrogen) atoms. The monoisotopic (exact) mass is 372 g/mol. The van der Waals surface area contributed by atoms with Gasteiger partial charge in [-0.3, -0.25) is 0 Å². The molecule has 0 spiro atoms. The zero-order valence-corrected chi connectivity index (χ0v) is 18.8. The maximum absolute atomic E-state index is 2.60. The number of benzene rings is 2. The van der Waals surface area contributed by atoms with Gasteiger partial charge in [0.25, 0.3) is 0 Å². The molecule has 4 rings (SSSR count). The third kappa shape index (κ3) is 2.70. The second-order valence-corrected chi connectivity index (χ2v) is 13.1. The number of hydrogen-bond acceptors (Lipinski definition) is 0. The van der Waals surface area contributed by atoms with Crippen molar-refractivity contribution in [2.24, 2.45) is 0 Å². The van der Waals surface area contributed by atoms with Crippen molar-refractivity contribution in [3.8, 4) is 0 Å². The van der Waals surface area contributed by atoms with E-state index in [0.29, 0.717) is 0 Å². The first-order valence-electron chi connectivity index (χ1n) is 10.5. The van der Waals surface area contributed by atoms with Crippen LogP contribution in [-0.2, 0) is 25.7 Å². The zero-order chi connectivity index (χ0) is 19.3. The predicted molar refractivity (Wildman–Crippen MR) is 122 cm³/mol. The average Bonchev–Trinajstić information content (AvgIpc) is 3.17. The Morgan fingerprint density at radius 1 is 0.704 bits per heavy atom. The summed E-state index contributed by atoms with van der Waals surface area (Å²) in [6.07, 6.45) is 4.53. The second-order valence-electron chi connectivity index (χ2n) is 8.90. The standard InChI is InChI=1S/C26H32Si/c1-7-19-11-9-13-21-15-17(3)25(23(19)21)27(5,6)26-18(4)16-22-14-10-12-20(8-2)24(22)26/h9-14H,7-8,15-16H2,1-6H3. The van der Waals surface area contributed by atoms with Crippen LogP contribution in [0.25, 0.3) is 10.4 Å². The molecule has 0 atom stereocenters. The van der Waals surface area contributed by atoms with E-state index in [9.17, 15) is 0 Å². The molecule has 2 aliphatic rings. The third-order valence-corrected chi connectivity index (χ3v) is 10.6. The first kappa shape index (κ1) is 18.5. The molecule has 1 heteroatoms. The molecule has 0 radical (unpaired) electrons. The van der Waals surface area contributed by atoms with E-state index in [2.05, 4.69) is 77.2 Å². The Morgan fingerprint density at radius 2 is 1.11 bits per heavy atom. The minimum Gasteiger partial charge on any atom is -0.0686 e. The minimum atomic E-state index is -1.80. The van der Waals surface area contributed by atoms with Gasteiger partial charge in [0.15, 0.2) is 0 Å². The maximum atomic E-state index is 2.60. The normalized spacial score (nSPS) is 16.2. The van der Waals surface area contributed by atoms with Crippen molar-refractivity contribution in [2.75, 3.05) is 0 Å². The number of aryl methyl sites for hydroxylation is 2. The Labute approximate surface area is 166 Å². The van der Waals surface area contributed by atoms with Crippen molar-refractivity contribution in [1.82, 2.24) is 0 Å². The van der Waals surface area contributed by atoms with E-state index in [1.54, 1.807) is 54.9 Å². The molecule has 140 valence electrons. The van der Waals surface area contributed by atoms with Gasteiger partial charge in [-0.25, -0.2) is 0 Å². The molecule has 0 unspecified atom stereocenters. The van der Waals surface area contributed by atoms with Crippen molar-refractivity contribution in [3.63, 3.8) is 0 Å². The Morgan fingerprint density at radius 3 is 1.48 bits per heavy atom. The highest BCUT2D eigenvalue weighted by atomic mass is 28.3. The predicted octanol–water partition coefficient (Wildman–Crippen LogP) is 6.96. The van der Waals surface area contributed by atoms with Gasteiger partial charge in [0, 0.05) is 0 Å². The summed E-state index contributed by atoms with van der Waals surface area (Å²) in [5.74, 6) is 0. The van der Waals surface area contributed by atoms with Crippen LogP contribution in [0.15, 0.2) is 47.5 Å². The van der Waals surface area contributed by atoms with Gasteiger partial charge >= 0.3 is 0 Å². The van der Waals surface area contributed by atoms with Crippen molar-refractivity contribution < 1.29 is 0 Å². The van der Waals surface area contributed by atoms with Crippen LogP contribution in [0.5, 0.6) is 0 Å². The van der Waals surface area contributed by atoms with Crippen LogP contribution in [0, 0.1) is 0 Å². The quantitative estimate of drug-likeness (QED) is 0.509. The first-order valence-corrected chi connectivity index (χ1v) is 13.5. The van der Waals surface area contributed by atoms with Crippen LogP contribution < -0.4 is 0 Å². The largest absolute Gasteiger partial charge is 0.113 e. The molecule has 0 saturated carbocycles. The first-order chi connectivity index (χ1) is 12.9. The Hall–Kier alpha value is -1.86. The fourth-order valence-electron chi connectivity index (χ4n) is 5.82. The SMILES string of the molecule is CCc1cccc2c1C([Si](C)(C)C1=C(C)Cc3cccc(CC)c31)=C(C)C2. The average molecular weight is 373 g/mol. The number of hydrogen-bond donors (Lipinski definition) is 0. The van der Waals surface area contributed by atoms with Crippen molar-refractivity contribution in [3.05, 3.63) is 80.9 Å². The molecule has 0 saturated heterocycles. The van der Waals surface area contributed by atoms with Crippen LogP contribution in [0.2, 0.25) is 13.1 Å². The summed E-state index contributed by atoms with van der Waals surface area (Å²) in [5, 5.41) is 3.45. The van der Waals surface area contributed by atoms with Crippen LogP contribution in [-0.4, -0.2) is 8.07 Å². The maximum Gasteiger partial charge on any atom is 0.113 e. The van der Waals surface area contributed by atoms with E-state index in [0.717, 1.165) is 25.7 Å². The molecule has 2 aromatic rings. The molecule has 0 bridgehead atoms. The summed E-state index contributed by atoms with van der Waals surface area (Å²) >= 11 is 0. The van der Waals surface area contributed by atoms with E-state index in [1.165, 1.54) is 0 Å². The zero-order valence-electron chi connectivity index (χ0n) is 17.8. The lowest BCUT2D eigenvalue weighted by atomic mass is 10.0. The summed E-state index contributed by atoms with van der Waals surface area (Å²) in [6, 6.07) is 13.9. The van der Waals surface area contributed by atoms with Crippen molar-refractivity contribution >= 4 is 18.5 Å². The van der Waals surface area contributed by atoms with E-state index >= 15 is 0 Å². The molecule has 0 heterocycles. The lowest BCUT2D eigenvalue weighted by Crippen LogP contribution is -2.32. The molecule has 2 aromatic carbocycles. The molecule has 0 N–H and O–H groups in total. The molecular formula is C26H32Si. The van der Waals surface area contributed by atoms with Gasteiger partial charge in [0.1, 0.15) is 8.07 Å². The smallest absolute Gasteiger partial charge is 0.0686 e. The Kier molecular flexibility index (Phi) is 4.54. The van der Waals surface area contributed by atoms with E-state index in [1.807, 2.05) is 0 Å². The van der Waals surface area contributed by atoms with Crippen LogP contribution in [0.1, 0.15) is 61.1 Å². The van der Waals surface area contributed by atoms with E-state index in [4.69, 9.17) is 0 Å². The van der Waals surface area contributed by atoms with Gasteiger partial charge in [-0.15, -0.1) is 0 Å². The van der Waals surface area contributed by atoms with Gasteiger partial charge in [0.05, 0.1) is 0 Å². The van der Waals surface area contributed by atoms with Crippen LogP contribution in [0.3, 0.4) is 0 Å². The van der Waals surface area contributed by atoms with Gasteiger partial charge in [0.2, 0.25) is 0 Å². The lowest BCUT2D eigenvalue weighted by Gasteiger charge is -2.32. The number of rotatable bonds is 4. The Balaban J connectivity index is 1.94. The van der Waals surface area contributed by atoms with Gasteiger partial charge in [-0.05, 0) is 83.3 Å². The summed E-state index contributed by atoms with van der Waals surface area (Å²) in [4.78, 5) is 0. The molecule has 0 aromatic heterocycles. The summed E-state index contributed by atoms with van der Waals surface area (Å²) in [5.41, 5.74) is 12.6. The second kappa shape index (κ2) is 6.63. The van der Waals surface area contributed by atoms with Crippen molar-refractivity contribution in [1.29, 1.82) is 0 Å².